The molecule has 0 fully saturated rings. The smallest absolute Gasteiger partial charge is 0.258 e. The van der Waals surface area contributed by atoms with Gasteiger partial charge in [-0.05, 0) is 25.1 Å². The Bertz CT molecular complexity index is 586. The van der Waals surface area contributed by atoms with E-state index in [2.05, 4.69) is 15.3 Å². The number of hydrogen-bond donors (Lipinski definition) is 1. The van der Waals surface area contributed by atoms with Crippen molar-refractivity contribution in [2.24, 2.45) is 0 Å². The molecule has 18 heavy (non-hydrogen) atoms. The predicted octanol–water partition coefficient (Wildman–Crippen LogP) is 2.83. The second kappa shape index (κ2) is 5.10. The SMILES string of the molecule is Cc1cc(Cl)c(C(=O)Nc2ccc(F)nc2)cn1. The molecule has 2 heterocycles. The maximum absolute atomic E-state index is 12.6. The molecule has 1 amide bonds. The van der Waals surface area contributed by atoms with Gasteiger partial charge in [0.1, 0.15) is 0 Å². The molecule has 0 bridgehead atoms. The molecule has 0 unspecified atom stereocenters. The van der Waals surface area contributed by atoms with Crippen molar-refractivity contribution in [3.8, 4) is 0 Å². The summed E-state index contributed by atoms with van der Waals surface area (Å²) in [6, 6.07) is 4.17. The summed E-state index contributed by atoms with van der Waals surface area (Å²) in [6.07, 6.45) is 2.62. The highest BCUT2D eigenvalue weighted by Crippen LogP contribution is 2.17. The van der Waals surface area contributed by atoms with Crippen LogP contribution in [0.15, 0.2) is 30.6 Å². The number of carbonyl (C=O) groups excluding carboxylic acids is 1. The minimum atomic E-state index is -0.608. The van der Waals surface area contributed by atoms with Crippen LogP contribution in [0.4, 0.5) is 10.1 Å². The van der Waals surface area contributed by atoms with Crippen molar-refractivity contribution in [2.75, 3.05) is 5.32 Å². The lowest BCUT2D eigenvalue weighted by atomic mass is 10.2. The van der Waals surface area contributed by atoms with E-state index in [1.54, 1.807) is 13.0 Å². The molecular formula is C12H9ClFN3O. The zero-order valence-electron chi connectivity index (χ0n) is 9.45. The van der Waals surface area contributed by atoms with E-state index >= 15 is 0 Å². The van der Waals surface area contributed by atoms with Gasteiger partial charge >= 0.3 is 0 Å². The van der Waals surface area contributed by atoms with Crippen LogP contribution in [-0.4, -0.2) is 15.9 Å². The first-order valence-corrected chi connectivity index (χ1v) is 5.49. The molecule has 0 saturated carbocycles. The van der Waals surface area contributed by atoms with Crippen molar-refractivity contribution >= 4 is 23.2 Å². The molecular weight excluding hydrogens is 257 g/mol. The summed E-state index contributed by atoms with van der Waals surface area (Å²) < 4.78 is 12.6. The van der Waals surface area contributed by atoms with Gasteiger partial charge in [-0.25, -0.2) is 4.98 Å². The first-order valence-electron chi connectivity index (χ1n) is 5.11. The molecule has 0 aliphatic heterocycles. The molecule has 2 aromatic heterocycles. The maximum Gasteiger partial charge on any atom is 0.258 e. The molecule has 0 aliphatic rings. The highest BCUT2D eigenvalue weighted by atomic mass is 35.5. The number of aromatic nitrogens is 2. The third-order valence-corrected chi connectivity index (χ3v) is 2.53. The zero-order valence-corrected chi connectivity index (χ0v) is 10.2. The maximum atomic E-state index is 12.6. The Labute approximate surface area is 108 Å². The topological polar surface area (TPSA) is 54.9 Å². The van der Waals surface area contributed by atoms with Crippen LogP contribution in [-0.2, 0) is 0 Å². The lowest BCUT2D eigenvalue weighted by molar-refractivity contribution is 0.102. The van der Waals surface area contributed by atoms with E-state index in [0.29, 0.717) is 10.7 Å². The van der Waals surface area contributed by atoms with Crippen molar-refractivity contribution in [1.29, 1.82) is 0 Å². The van der Waals surface area contributed by atoms with Gasteiger partial charge in [-0.1, -0.05) is 11.6 Å². The highest BCUT2D eigenvalue weighted by Gasteiger charge is 2.11. The molecule has 6 heteroatoms. The molecule has 0 atom stereocenters. The van der Waals surface area contributed by atoms with E-state index in [0.717, 1.165) is 11.8 Å². The first-order chi connectivity index (χ1) is 8.56. The minimum absolute atomic E-state index is 0.256. The Kier molecular flexibility index (Phi) is 3.53. The van der Waals surface area contributed by atoms with Gasteiger partial charge in [0.05, 0.1) is 22.5 Å². The van der Waals surface area contributed by atoms with Crippen LogP contribution in [0.5, 0.6) is 0 Å². The van der Waals surface area contributed by atoms with Crippen LogP contribution >= 0.6 is 11.6 Å². The van der Waals surface area contributed by atoms with Crippen molar-refractivity contribution in [1.82, 2.24) is 9.97 Å². The molecule has 92 valence electrons. The Balaban J connectivity index is 2.19. The number of nitrogens with zero attached hydrogens (tertiary/aromatic N) is 2. The number of halogens is 2. The standard InChI is InChI=1S/C12H9ClFN3O/c1-7-4-10(13)9(6-15-7)12(18)17-8-2-3-11(14)16-5-8/h2-6H,1H3,(H,17,18). The van der Waals surface area contributed by atoms with Crippen molar-refractivity contribution < 1.29 is 9.18 Å². The summed E-state index contributed by atoms with van der Waals surface area (Å²) in [5, 5.41) is 2.87. The fourth-order valence-corrected chi connectivity index (χ4v) is 1.63. The van der Waals surface area contributed by atoms with Crippen molar-refractivity contribution in [3.05, 3.63) is 52.8 Å². The lowest BCUT2D eigenvalue weighted by Crippen LogP contribution is -2.13. The number of hydrogen-bond acceptors (Lipinski definition) is 3. The minimum Gasteiger partial charge on any atom is -0.320 e. The largest absolute Gasteiger partial charge is 0.320 e. The van der Waals surface area contributed by atoms with E-state index in [4.69, 9.17) is 11.6 Å². The summed E-state index contributed by atoms with van der Waals surface area (Å²) in [4.78, 5) is 19.3. The third-order valence-electron chi connectivity index (χ3n) is 2.22. The van der Waals surface area contributed by atoms with Crippen molar-refractivity contribution in [3.63, 3.8) is 0 Å². The van der Waals surface area contributed by atoms with E-state index in [9.17, 15) is 9.18 Å². The second-order valence-corrected chi connectivity index (χ2v) is 4.04. The van der Waals surface area contributed by atoms with Crippen LogP contribution < -0.4 is 5.32 Å². The van der Waals surface area contributed by atoms with Gasteiger partial charge in [0.2, 0.25) is 5.95 Å². The number of carbonyl (C=O) groups is 1. The van der Waals surface area contributed by atoms with Crippen LogP contribution in [0, 0.1) is 12.9 Å². The molecule has 4 nitrogen and oxygen atoms in total. The third kappa shape index (κ3) is 2.81. The van der Waals surface area contributed by atoms with Crippen molar-refractivity contribution in [2.45, 2.75) is 6.92 Å². The van der Waals surface area contributed by atoms with Gasteiger partial charge in [0, 0.05) is 11.9 Å². The van der Waals surface area contributed by atoms with E-state index in [1.165, 1.54) is 18.5 Å². The molecule has 0 aliphatic carbocycles. The Morgan fingerprint density at radius 1 is 1.33 bits per heavy atom. The van der Waals surface area contributed by atoms with E-state index in [1.807, 2.05) is 0 Å². The van der Waals surface area contributed by atoms with Gasteiger partial charge < -0.3 is 5.32 Å². The molecule has 0 aromatic carbocycles. The summed E-state index contributed by atoms with van der Waals surface area (Å²) in [7, 11) is 0. The van der Waals surface area contributed by atoms with Gasteiger partial charge in [-0.15, -0.1) is 0 Å². The summed E-state index contributed by atoms with van der Waals surface area (Å²) in [5.74, 6) is -1.02. The number of nitrogens with one attached hydrogen (secondary N) is 1. The molecule has 2 aromatic rings. The second-order valence-electron chi connectivity index (χ2n) is 3.63. The van der Waals surface area contributed by atoms with Crippen LogP contribution in [0.1, 0.15) is 16.1 Å². The summed E-state index contributed by atoms with van der Waals surface area (Å²) in [5.41, 5.74) is 1.37. The van der Waals surface area contributed by atoms with Crippen LogP contribution in [0.3, 0.4) is 0 Å². The number of amides is 1. The number of aryl methyl sites for hydroxylation is 1. The van der Waals surface area contributed by atoms with Crippen LogP contribution in [0.2, 0.25) is 5.02 Å². The number of pyridine rings is 2. The molecule has 0 radical (unpaired) electrons. The molecule has 0 spiro atoms. The van der Waals surface area contributed by atoms with Gasteiger partial charge in [-0.3, -0.25) is 9.78 Å². The van der Waals surface area contributed by atoms with Crippen LogP contribution in [0.25, 0.3) is 0 Å². The lowest BCUT2D eigenvalue weighted by Gasteiger charge is -2.06. The molecule has 0 saturated heterocycles. The van der Waals surface area contributed by atoms with Gasteiger partial charge in [0.25, 0.3) is 5.91 Å². The zero-order chi connectivity index (χ0) is 13.1. The van der Waals surface area contributed by atoms with E-state index in [-0.39, 0.29) is 5.56 Å². The number of anilines is 1. The average Bonchev–Trinajstić information content (AvgIpc) is 2.32. The molecule has 2 rings (SSSR count). The first kappa shape index (κ1) is 12.4. The van der Waals surface area contributed by atoms with Gasteiger partial charge in [-0.2, -0.15) is 4.39 Å². The van der Waals surface area contributed by atoms with E-state index < -0.39 is 11.9 Å². The normalized spacial score (nSPS) is 10.2. The summed E-state index contributed by atoms with van der Waals surface area (Å²) in [6.45, 7) is 1.78. The highest BCUT2D eigenvalue weighted by molar-refractivity contribution is 6.34. The monoisotopic (exact) mass is 265 g/mol. The fourth-order valence-electron chi connectivity index (χ4n) is 1.34. The number of rotatable bonds is 2. The predicted molar refractivity (Wildman–Crippen MR) is 66.1 cm³/mol. The summed E-state index contributed by atoms with van der Waals surface area (Å²) >= 11 is 5.94. The Morgan fingerprint density at radius 3 is 2.72 bits per heavy atom. The molecule has 1 N–H and O–H groups in total. The average molecular weight is 266 g/mol. The fraction of sp³-hybridized carbons (Fsp3) is 0.0833. The van der Waals surface area contributed by atoms with Gasteiger partial charge in [0.15, 0.2) is 0 Å². The Hall–Kier alpha value is -2.01. The Morgan fingerprint density at radius 2 is 2.11 bits per heavy atom. The quantitative estimate of drug-likeness (QED) is 0.850.